The third kappa shape index (κ3) is 22.9. The minimum absolute atomic E-state index is 0.0110. The van der Waals surface area contributed by atoms with Gasteiger partial charge in [0, 0.05) is 61.8 Å². The van der Waals surface area contributed by atoms with Crippen LogP contribution in [0.2, 0.25) is 0 Å². The molecular formula is C54H87N9O7. The first-order valence-electron chi connectivity index (χ1n) is 25.2. The van der Waals surface area contributed by atoms with Gasteiger partial charge < -0.3 is 29.3 Å². The highest BCUT2D eigenvalue weighted by molar-refractivity contribution is 5.86. The minimum Gasteiger partial charge on any atom is -0.491 e. The molecule has 16 heteroatoms. The van der Waals surface area contributed by atoms with E-state index < -0.39 is 0 Å². The van der Waals surface area contributed by atoms with Crippen LogP contribution in [0.25, 0.3) is 0 Å². The van der Waals surface area contributed by atoms with Gasteiger partial charge in [0.25, 0.3) is 0 Å². The van der Waals surface area contributed by atoms with Gasteiger partial charge in [0.15, 0.2) is 6.29 Å². The molecule has 0 saturated carbocycles. The van der Waals surface area contributed by atoms with Crippen molar-refractivity contribution in [1.82, 2.24) is 45.1 Å². The van der Waals surface area contributed by atoms with Crippen molar-refractivity contribution in [3.63, 3.8) is 0 Å². The normalized spacial score (nSPS) is 11.8. The molecule has 4 rings (SSSR count). The molecule has 0 aliphatic rings. The molecule has 3 amide bonds. The predicted molar refractivity (Wildman–Crippen MR) is 276 cm³/mol. The molecule has 0 saturated heterocycles. The zero-order valence-corrected chi connectivity index (χ0v) is 45.6. The van der Waals surface area contributed by atoms with Gasteiger partial charge in [-0.3, -0.25) is 19.2 Å². The molecule has 2 heterocycles. The van der Waals surface area contributed by atoms with Crippen LogP contribution < -0.4 is 14.8 Å². The first-order chi connectivity index (χ1) is 32.9. The largest absolute Gasteiger partial charge is 0.491 e. The Labute approximate surface area is 419 Å². The zero-order chi connectivity index (χ0) is 52.7. The van der Waals surface area contributed by atoms with Crippen LogP contribution in [0.4, 0.5) is 0 Å². The first kappa shape index (κ1) is 60.5. The number of benzene rings is 2. The lowest BCUT2D eigenvalue weighted by atomic mass is 10.0. The van der Waals surface area contributed by atoms with Crippen LogP contribution in [-0.4, -0.2) is 101 Å². The molecule has 1 unspecified atom stereocenters. The Hall–Kier alpha value is -5.64. The van der Waals surface area contributed by atoms with E-state index in [4.69, 9.17) is 14.2 Å². The van der Waals surface area contributed by atoms with Crippen molar-refractivity contribution in [2.75, 3.05) is 13.2 Å². The molecule has 16 nitrogen and oxygen atoms in total. The number of hydrogen-bond donors (Lipinski definition) is 1. The first-order valence-corrected chi connectivity index (χ1v) is 25.2. The van der Waals surface area contributed by atoms with Crippen LogP contribution in [-0.2, 0) is 37.0 Å². The van der Waals surface area contributed by atoms with Crippen LogP contribution in [0.5, 0.6) is 11.5 Å². The SMILES string of the molecule is CC(C)C(=O)CCC(=O)N(Cc1cn(C(C)C)nn1)C(C)C.CC(C)NC(=O)CCC(=O)N(Cc1cn(C(C)C)nn1)C(C)C.CC(OCCOc1ccc(C(C)C)cc1)Oc1ccc(C(C)C)cc1. The van der Waals surface area contributed by atoms with Gasteiger partial charge in [-0.05, 0) is 123 Å². The Kier molecular flexibility index (Phi) is 26.7. The Morgan fingerprint density at radius 3 is 1.36 bits per heavy atom. The summed E-state index contributed by atoms with van der Waals surface area (Å²) >= 11 is 0. The van der Waals surface area contributed by atoms with E-state index in [1.165, 1.54) is 11.1 Å². The van der Waals surface area contributed by atoms with Gasteiger partial charge in [0.1, 0.15) is 35.3 Å². The Morgan fingerprint density at radius 1 is 0.557 bits per heavy atom. The van der Waals surface area contributed by atoms with E-state index in [1.54, 1.807) is 19.2 Å². The van der Waals surface area contributed by atoms with Crippen LogP contribution in [0.15, 0.2) is 60.9 Å². The number of aromatic nitrogens is 6. The van der Waals surface area contributed by atoms with Gasteiger partial charge >= 0.3 is 0 Å². The summed E-state index contributed by atoms with van der Waals surface area (Å²) < 4.78 is 20.7. The van der Waals surface area contributed by atoms with Gasteiger partial charge in [-0.15, -0.1) is 10.2 Å². The van der Waals surface area contributed by atoms with Crippen LogP contribution >= 0.6 is 0 Å². The number of rotatable bonds is 25. The number of nitrogens with one attached hydrogen (secondary N) is 1. The third-order valence-electron chi connectivity index (χ3n) is 11.1. The number of ether oxygens (including phenoxy) is 3. The van der Waals surface area contributed by atoms with Crippen molar-refractivity contribution in [1.29, 1.82) is 0 Å². The van der Waals surface area contributed by atoms with E-state index in [0.29, 0.717) is 44.6 Å². The average Bonchev–Trinajstić information content (AvgIpc) is 3.98. The Bertz CT molecular complexity index is 2120. The summed E-state index contributed by atoms with van der Waals surface area (Å²) in [6, 6.07) is 17.1. The van der Waals surface area contributed by atoms with Crippen LogP contribution in [0.3, 0.4) is 0 Å². The summed E-state index contributed by atoms with van der Waals surface area (Å²) in [5, 5.41) is 19.1. The van der Waals surface area contributed by atoms with Crippen molar-refractivity contribution in [3.05, 3.63) is 83.4 Å². The summed E-state index contributed by atoms with van der Waals surface area (Å²) in [4.78, 5) is 51.6. The number of ketones is 1. The van der Waals surface area contributed by atoms with E-state index in [1.807, 2.05) is 127 Å². The second-order valence-electron chi connectivity index (χ2n) is 20.0. The highest BCUT2D eigenvalue weighted by atomic mass is 16.7. The number of nitrogens with zero attached hydrogens (tertiary/aromatic N) is 8. The molecule has 0 aliphatic heterocycles. The number of amides is 3. The summed E-state index contributed by atoms with van der Waals surface area (Å²) in [6.45, 7) is 35.9. The van der Waals surface area contributed by atoms with Crippen molar-refractivity contribution >= 4 is 23.5 Å². The molecule has 1 atom stereocenters. The highest BCUT2D eigenvalue weighted by Crippen LogP contribution is 2.21. The Morgan fingerprint density at radius 2 is 0.986 bits per heavy atom. The molecular weight excluding hydrogens is 887 g/mol. The number of carbonyl (C=O) groups is 4. The molecule has 4 aromatic rings. The molecule has 0 bridgehead atoms. The molecule has 390 valence electrons. The van der Waals surface area contributed by atoms with E-state index in [-0.39, 0.29) is 85.2 Å². The molecule has 70 heavy (non-hydrogen) atoms. The fourth-order valence-electron chi connectivity index (χ4n) is 6.64. The lowest BCUT2D eigenvalue weighted by molar-refractivity contribution is -0.136. The van der Waals surface area contributed by atoms with Gasteiger partial charge in [0.2, 0.25) is 17.7 Å². The van der Waals surface area contributed by atoms with Crippen molar-refractivity contribution in [2.24, 2.45) is 5.92 Å². The van der Waals surface area contributed by atoms with E-state index in [0.717, 1.165) is 22.9 Å². The molecule has 0 radical (unpaired) electrons. The number of hydrogen-bond acceptors (Lipinski definition) is 11. The van der Waals surface area contributed by atoms with Gasteiger partial charge in [-0.1, -0.05) is 76.2 Å². The van der Waals surface area contributed by atoms with Crippen LogP contribution in [0.1, 0.15) is 190 Å². The summed E-state index contributed by atoms with van der Waals surface area (Å²) in [7, 11) is 0. The molecule has 0 spiro atoms. The van der Waals surface area contributed by atoms with Crippen molar-refractivity contribution in [3.8, 4) is 11.5 Å². The van der Waals surface area contributed by atoms with E-state index >= 15 is 0 Å². The second kappa shape index (κ2) is 30.9. The van der Waals surface area contributed by atoms with Crippen LogP contribution in [0, 0.1) is 5.92 Å². The second-order valence-corrected chi connectivity index (χ2v) is 20.0. The van der Waals surface area contributed by atoms with Crippen molar-refractivity contribution in [2.45, 2.75) is 205 Å². The van der Waals surface area contributed by atoms with E-state index in [9.17, 15) is 19.2 Å². The maximum Gasteiger partial charge on any atom is 0.223 e. The standard InChI is InChI=1S/C22H30O3.C16H29N5O2.C16H28N4O2/c1-16(2)19-6-10-21(11-7-19)24-15-14-23-18(5)25-22-12-8-20(9-13-22)17(3)4;1-11(2)17-15(22)7-8-16(23)20(12(3)4)9-14-10-21(13(5)6)19-18-14;1-11(2)15(21)7-8-16(22)19(12(3)4)9-14-10-20(13(5)6)18-17-14/h6-13,16-18H,14-15H2,1-5H3;10-13H,7-9H2,1-6H3,(H,17,22);10-13H,7-9H2,1-6H3. The molecule has 2 aromatic carbocycles. The third-order valence-corrected chi connectivity index (χ3v) is 11.1. The summed E-state index contributed by atoms with van der Waals surface area (Å²) in [5.41, 5.74) is 4.14. The topological polar surface area (TPSA) is 176 Å². The Balaban J connectivity index is 0.000000361. The van der Waals surface area contributed by atoms with Crippen molar-refractivity contribution < 1.29 is 33.4 Å². The van der Waals surface area contributed by atoms with Gasteiger partial charge in [-0.25, -0.2) is 9.36 Å². The fourth-order valence-corrected chi connectivity index (χ4v) is 6.64. The highest BCUT2D eigenvalue weighted by Gasteiger charge is 2.22. The van der Waals surface area contributed by atoms with Gasteiger partial charge in [-0.2, -0.15) is 0 Å². The maximum absolute atomic E-state index is 12.4. The quantitative estimate of drug-likeness (QED) is 0.0494. The lowest BCUT2D eigenvalue weighted by Crippen LogP contribution is -2.37. The molecule has 0 aliphatic carbocycles. The minimum atomic E-state index is -0.309. The molecule has 2 aromatic heterocycles. The lowest BCUT2D eigenvalue weighted by Gasteiger charge is -2.26. The monoisotopic (exact) mass is 974 g/mol. The predicted octanol–water partition coefficient (Wildman–Crippen LogP) is 10.3. The zero-order valence-electron chi connectivity index (χ0n) is 45.6. The molecule has 0 fully saturated rings. The maximum atomic E-state index is 12.4. The fraction of sp³-hybridized carbons (Fsp3) is 0.630. The van der Waals surface area contributed by atoms with Gasteiger partial charge in [0.05, 0.1) is 32.1 Å². The number of Topliss-reactive ketones (excluding diaryl/α,β-unsaturated/α-hetero) is 1. The average molecular weight is 974 g/mol. The summed E-state index contributed by atoms with van der Waals surface area (Å²) in [5.74, 6) is 2.70. The smallest absolute Gasteiger partial charge is 0.223 e. The molecule has 1 N–H and O–H groups in total. The van der Waals surface area contributed by atoms with E-state index in [2.05, 4.69) is 77.9 Å². The summed E-state index contributed by atoms with van der Waals surface area (Å²) in [6.07, 6.45) is 4.39. The number of carbonyl (C=O) groups excluding carboxylic acids is 4.